The number of carboxylic acids is 1. The normalized spacial score (nSPS) is 20.8. The van der Waals surface area contributed by atoms with Crippen LogP contribution in [0.15, 0.2) is 4.52 Å². The van der Waals surface area contributed by atoms with E-state index in [1.807, 2.05) is 0 Å². The number of carbonyl (C=O) groups is 1. The van der Waals surface area contributed by atoms with Gasteiger partial charge >= 0.3 is 5.97 Å². The van der Waals surface area contributed by atoms with Crippen LogP contribution in [0, 0.1) is 0 Å². The number of nitrogens with zero attached hydrogens (tertiary/aromatic N) is 3. The van der Waals surface area contributed by atoms with Gasteiger partial charge in [-0.1, -0.05) is 5.16 Å². The van der Waals surface area contributed by atoms with E-state index in [1.165, 1.54) is 12.8 Å². The first kappa shape index (κ1) is 14.5. The summed E-state index contributed by atoms with van der Waals surface area (Å²) >= 11 is 0. The first-order chi connectivity index (χ1) is 10.2. The Hall–Kier alpha value is -1.47. The fourth-order valence-electron chi connectivity index (χ4n) is 2.57. The van der Waals surface area contributed by atoms with Crippen molar-refractivity contribution in [2.24, 2.45) is 0 Å². The average molecular weight is 295 g/mol. The second kappa shape index (κ2) is 6.53. The molecule has 2 heterocycles. The van der Waals surface area contributed by atoms with Crippen molar-refractivity contribution < 1.29 is 19.2 Å². The maximum absolute atomic E-state index is 10.4. The van der Waals surface area contributed by atoms with Gasteiger partial charge in [-0.2, -0.15) is 4.98 Å². The van der Waals surface area contributed by atoms with Gasteiger partial charge in [-0.05, 0) is 25.7 Å². The van der Waals surface area contributed by atoms with Gasteiger partial charge in [-0.25, -0.2) is 0 Å². The van der Waals surface area contributed by atoms with Gasteiger partial charge in [0.1, 0.15) is 0 Å². The van der Waals surface area contributed by atoms with Crippen molar-refractivity contribution in [2.75, 3.05) is 19.7 Å². The summed E-state index contributed by atoms with van der Waals surface area (Å²) in [6.45, 7) is 2.86. The molecule has 1 N–H and O–H groups in total. The third-order valence-electron chi connectivity index (χ3n) is 3.98. The summed E-state index contributed by atoms with van der Waals surface area (Å²) in [6, 6.07) is 0. The molecule has 1 aromatic heterocycles. The Morgan fingerprint density at radius 2 is 2.10 bits per heavy atom. The monoisotopic (exact) mass is 295 g/mol. The molecule has 2 aliphatic rings. The molecule has 21 heavy (non-hydrogen) atoms. The smallest absolute Gasteiger partial charge is 0.305 e. The molecule has 0 bridgehead atoms. The summed E-state index contributed by atoms with van der Waals surface area (Å²) < 4.78 is 10.8. The predicted molar refractivity (Wildman–Crippen MR) is 72.8 cm³/mol. The van der Waals surface area contributed by atoms with Gasteiger partial charge in [-0.15, -0.1) is 0 Å². The van der Waals surface area contributed by atoms with Crippen LogP contribution < -0.4 is 0 Å². The van der Waals surface area contributed by atoms with E-state index in [1.54, 1.807) is 0 Å². The number of carboxylic acid groups (broad SMARTS) is 1. The highest BCUT2D eigenvalue weighted by molar-refractivity contribution is 5.66. The fourth-order valence-corrected chi connectivity index (χ4v) is 2.57. The summed E-state index contributed by atoms with van der Waals surface area (Å²) in [5.74, 6) is 1.25. The van der Waals surface area contributed by atoms with Gasteiger partial charge in [0.25, 0.3) is 0 Å². The molecular weight excluding hydrogens is 274 g/mol. The number of aromatic nitrogens is 2. The minimum atomic E-state index is -0.809. The van der Waals surface area contributed by atoms with Crippen molar-refractivity contribution in [1.29, 1.82) is 0 Å². The van der Waals surface area contributed by atoms with Gasteiger partial charge < -0.3 is 14.4 Å². The Bertz CT molecular complexity index is 478. The number of likely N-dealkylation sites (tertiary alicyclic amines) is 1. The summed E-state index contributed by atoms with van der Waals surface area (Å²) in [4.78, 5) is 17.2. The zero-order valence-corrected chi connectivity index (χ0v) is 12.0. The second-order valence-electron chi connectivity index (χ2n) is 5.81. The molecule has 1 aromatic rings. The van der Waals surface area contributed by atoms with Crippen molar-refractivity contribution >= 4 is 5.97 Å². The van der Waals surface area contributed by atoms with Crippen LogP contribution >= 0.6 is 0 Å². The van der Waals surface area contributed by atoms with E-state index in [2.05, 4.69) is 15.0 Å². The molecule has 0 amide bonds. The Labute approximate surface area is 123 Å². The molecule has 116 valence electrons. The zero-order valence-electron chi connectivity index (χ0n) is 12.0. The first-order valence-electron chi connectivity index (χ1n) is 7.59. The van der Waals surface area contributed by atoms with Crippen LogP contribution in [0.5, 0.6) is 0 Å². The Kier molecular flexibility index (Phi) is 4.50. The highest BCUT2D eigenvalue weighted by atomic mass is 16.5. The van der Waals surface area contributed by atoms with E-state index < -0.39 is 5.97 Å². The highest BCUT2D eigenvalue weighted by Gasteiger charge is 2.30. The fraction of sp³-hybridized carbons (Fsp3) is 0.786. The van der Waals surface area contributed by atoms with E-state index in [9.17, 15) is 4.79 Å². The van der Waals surface area contributed by atoms with Crippen molar-refractivity contribution in [1.82, 2.24) is 15.0 Å². The number of hydrogen-bond acceptors (Lipinski definition) is 6. The SMILES string of the molecule is O=C(O)CCOC1CCN(Cc2noc(C3CC3)n2)CC1. The molecule has 0 spiro atoms. The molecule has 1 aliphatic heterocycles. The van der Waals surface area contributed by atoms with Gasteiger partial charge in [0, 0.05) is 19.0 Å². The lowest BCUT2D eigenvalue weighted by molar-refractivity contribution is -0.138. The summed E-state index contributed by atoms with van der Waals surface area (Å²) in [7, 11) is 0. The van der Waals surface area contributed by atoms with E-state index >= 15 is 0 Å². The Morgan fingerprint density at radius 1 is 1.33 bits per heavy atom. The summed E-state index contributed by atoms with van der Waals surface area (Å²) in [5, 5.41) is 12.6. The standard InChI is InChI=1S/C14H21N3O4/c18-13(19)5-8-20-11-3-6-17(7-4-11)9-12-15-14(21-16-12)10-1-2-10/h10-11H,1-9H2,(H,18,19). The third kappa shape index (κ3) is 4.25. The van der Waals surface area contributed by atoms with Crippen molar-refractivity contribution in [3.05, 3.63) is 11.7 Å². The molecule has 0 unspecified atom stereocenters. The first-order valence-corrected chi connectivity index (χ1v) is 7.59. The molecule has 0 atom stereocenters. The lowest BCUT2D eigenvalue weighted by Gasteiger charge is -2.30. The molecule has 0 radical (unpaired) electrons. The van der Waals surface area contributed by atoms with Gasteiger partial charge in [-0.3, -0.25) is 9.69 Å². The van der Waals surface area contributed by atoms with Gasteiger partial charge in [0.2, 0.25) is 5.89 Å². The second-order valence-corrected chi connectivity index (χ2v) is 5.81. The molecule has 7 heteroatoms. The van der Waals surface area contributed by atoms with Gasteiger partial charge in [0.15, 0.2) is 5.82 Å². The lowest BCUT2D eigenvalue weighted by Crippen LogP contribution is -2.37. The number of hydrogen-bond donors (Lipinski definition) is 1. The molecule has 3 rings (SSSR count). The Morgan fingerprint density at radius 3 is 2.76 bits per heavy atom. The maximum atomic E-state index is 10.4. The van der Waals surface area contributed by atoms with Crippen molar-refractivity contribution in [3.8, 4) is 0 Å². The van der Waals surface area contributed by atoms with Gasteiger partial charge in [0.05, 0.1) is 25.7 Å². The Balaban J connectivity index is 1.37. The van der Waals surface area contributed by atoms with Crippen LogP contribution in [0.2, 0.25) is 0 Å². The highest BCUT2D eigenvalue weighted by Crippen LogP contribution is 2.38. The minimum absolute atomic E-state index is 0.0764. The van der Waals surface area contributed by atoms with Crippen LogP contribution in [0.4, 0.5) is 0 Å². The van der Waals surface area contributed by atoms with Crippen LogP contribution in [-0.4, -0.2) is 51.9 Å². The molecule has 1 saturated heterocycles. The molecule has 0 aromatic carbocycles. The van der Waals surface area contributed by atoms with Crippen molar-refractivity contribution in [2.45, 2.75) is 50.7 Å². The van der Waals surface area contributed by atoms with Crippen LogP contribution in [0.1, 0.15) is 49.7 Å². The average Bonchev–Trinajstić information content (AvgIpc) is 3.21. The number of ether oxygens (including phenoxy) is 1. The van der Waals surface area contributed by atoms with Crippen LogP contribution in [0.25, 0.3) is 0 Å². The van der Waals surface area contributed by atoms with Crippen molar-refractivity contribution in [3.63, 3.8) is 0 Å². The third-order valence-corrected chi connectivity index (χ3v) is 3.98. The van der Waals surface area contributed by atoms with E-state index in [0.29, 0.717) is 12.5 Å². The summed E-state index contributed by atoms with van der Waals surface area (Å²) in [5.41, 5.74) is 0. The number of rotatable bonds is 7. The zero-order chi connectivity index (χ0) is 14.7. The lowest BCUT2D eigenvalue weighted by atomic mass is 10.1. The number of aliphatic carboxylic acids is 1. The van der Waals surface area contributed by atoms with Crippen LogP contribution in [0.3, 0.4) is 0 Å². The quantitative estimate of drug-likeness (QED) is 0.813. The maximum Gasteiger partial charge on any atom is 0.305 e. The molecular formula is C14H21N3O4. The summed E-state index contributed by atoms with van der Waals surface area (Å²) in [6.07, 6.45) is 4.43. The molecule has 1 aliphatic carbocycles. The van der Waals surface area contributed by atoms with Crippen LogP contribution in [-0.2, 0) is 16.1 Å². The predicted octanol–water partition coefficient (Wildman–Crippen LogP) is 1.40. The van der Waals surface area contributed by atoms with E-state index in [4.69, 9.17) is 14.4 Å². The van der Waals surface area contributed by atoms with E-state index in [0.717, 1.165) is 44.2 Å². The topological polar surface area (TPSA) is 88.7 Å². The molecule has 1 saturated carbocycles. The van der Waals surface area contributed by atoms with E-state index in [-0.39, 0.29) is 12.5 Å². The largest absolute Gasteiger partial charge is 0.481 e. The minimum Gasteiger partial charge on any atom is -0.481 e. The molecule has 2 fully saturated rings. The molecule has 7 nitrogen and oxygen atoms in total. The number of piperidine rings is 1.